The second-order valence-electron chi connectivity index (χ2n) is 3.51. The molecule has 5 nitrogen and oxygen atoms in total. The highest BCUT2D eigenvalue weighted by atomic mass is 32.2. The van der Waals surface area contributed by atoms with Gasteiger partial charge in [-0.3, -0.25) is 9.59 Å². The molecule has 0 aliphatic carbocycles. The molecule has 1 unspecified atom stereocenters. The number of carbonyl (C=O) groups excluding carboxylic acids is 2. The molecule has 0 heterocycles. The fourth-order valence-electron chi connectivity index (χ4n) is 0.932. The van der Waals surface area contributed by atoms with Gasteiger partial charge in [0.25, 0.3) is 0 Å². The smallest absolute Gasteiger partial charge is 0.322 e. The van der Waals surface area contributed by atoms with Gasteiger partial charge in [-0.05, 0) is 26.0 Å². The molecule has 0 amide bonds. The Hall–Kier alpha value is -0.750. The number of hydrogen-bond acceptors (Lipinski definition) is 6. The molecule has 16 heavy (non-hydrogen) atoms. The van der Waals surface area contributed by atoms with Gasteiger partial charge in [0.2, 0.25) is 0 Å². The summed E-state index contributed by atoms with van der Waals surface area (Å²) < 4.78 is 9.42. The average Bonchev–Trinajstić information content (AvgIpc) is 2.21. The topological polar surface area (TPSA) is 78.6 Å². The predicted octanol–water partition coefficient (Wildman–Crippen LogP) is 0.562. The quantitative estimate of drug-likeness (QED) is 0.524. The SMILES string of the molecule is COC(=O)C(N)CCSCC(=O)OC(C)C. The summed E-state index contributed by atoms with van der Waals surface area (Å²) in [5.41, 5.74) is 5.52. The van der Waals surface area contributed by atoms with Crippen molar-refractivity contribution in [1.29, 1.82) is 0 Å². The second kappa shape index (κ2) is 8.41. The zero-order chi connectivity index (χ0) is 12.6. The third-order valence-corrected chi connectivity index (χ3v) is 2.63. The van der Waals surface area contributed by atoms with Gasteiger partial charge in [0.15, 0.2) is 0 Å². The minimum Gasteiger partial charge on any atom is -0.468 e. The highest BCUT2D eigenvalue weighted by molar-refractivity contribution is 7.99. The first kappa shape index (κ1) is 15.2. The Kier molecular flexibility index (Phi) is 8.01. The van der Waals surface area contributed by atoms with Crippen molar-refractivity contribution in [1.82, 2.24) is 0 Å². The number of thioether (sulfide) groups is 1. The van der Waals surface area contributed by atoms with E-state index in [1.165, 1.54) is 18.9 Å². The van der Waals surface area contributed by atoms with Crippen LogP contribution in [0.3, 0.4) is 0 Å². The zero-order valence-electron chi connectivity index (χ0n) is 9.89. The molecule has 0 saturated carbocycles. The lowest BCUT2D eigenvalue weighted by Gasteiger charge is -2.09. The molecule has 0 spiro atoms. The summed E-state index contributed by atoms with van der Waals surface area (Å²) in [6, 6.07) is -0.612. The fraction of sp³-hybridized carbons (Fsp3) is 0.800. The van der Waals surface area contributed by atoms with Crippen LogP contribution in [0.25, 0.3) is 0 Å². The van der Waals surface area contributed by atoms with Crippen LogP contribution in [0.1, 0.15) is 20.3 Å². The van der Waals surface area contributed by atoms with Crippen LogP contribution in [0.2, 0.25) is 0 Å². The van der Waals surface area contributed by atoms with E-state index in [2.05, 4.69) is 4.74 Å². The van der Waals surface area contributed by atoms with Gasteiger partial charge in [0.05, 0.1) is 19.0 Å². The van der Waals surface area contributed by atoms with Crippen molar-refractivity contribution in [2.24, 2.45) is 5.73 Å². The van der Waals surface area contributed by atoms with E-state index in [1.54, 1.807) is 13.8 Å². The van der Waals surface area contributed by atoms with Crippen LogP contribution in [0.4, 0.5) is 0 Å². The van der Waals surface area contributed by atoms with E-state index in [1.807, 2.05) is 0 Å². The normalized spacial score (nSPS) is 12.3. The number of carbonyl (C=O) groups is 2. The first-order valence-electron chi connectivity index (χ1n) is 5.08. The van der Waals surface area contributed by atoms with Gasteiger partial charge in [-0.15, -0.1) is 0 Å². The van der Waals surface area contributed by atoms with Gasteiger partial charge in [-0.1, -0.05) is 0 Å². The summed E-state index contributed by atoms with van der Waals surface area (Å²) in [5, 5.41) is 0. The number of rotatable bonds is 7. The summed E-state index contributed by atoms with van der Waals surface area (Å²) in [7, 11) is 1.30. The maximum absolute atomic E-state index is 11.1. The van der Waals surface area contributed by atoms with Gasteiger partial charge in [-0.2, -0.15) is 11.8 Å². The Labute approximate surface area is 100 Å². The molecule has 0 aromatic heterocycles. The summed E-state index contributed by atoms with van der Waals surface area (Å²) in [5.74, 6) is 0.243. The van der Waals surface area contributed by atoms with Crippen molar-refractivity contribution in [2.45, 2.75) is 32.4 Å². The minimum atomic E-state index is -0.612. The molecule has 0 aliphatic heterocycles. The molecule has 0 saturated heterocycles. The van der Waals surface area contributed by atoms with Gasteiger partial charge in [-0.25, -0.2) is 0 Å². The lowest BCUT2D eigenvalue weighted by Crippen LogP contribution is -2.32. The van der Waals surface area contributed by atoms with E-state index in [0.29, 0.717) is 12.2 Å². The maximum atomic E-state index is 11.1. The largest absolute Gasteiger partial charge is 0.468 e. The number of esters is 2. The molecule has 0 rings (SSSR count). The van der Waals surface area contributed by atoms with Crippen LogP contribution in [0.5, 0.6) is 0 Å². The number of ether oxygens (including phenoxy) is 2. The van der Waals surface area contributed by atoms with E-state index in [-0.39, 0.29) is 17.8 Å². The number of nitrogens with two attached hydrogens (primary N) is 1. The van der Waals surface area contributed by atoms with Crippen LogP contribution in [0, 0.1) is 0 Å². The first-order valence-corrected chi connectivity index (χ1v) is 6.23. The van der Waals surface area contributed by atoms with Crippen LogP contribution >= 0.6 is 11.8 Å². The predicted molar refractivity (Wildman–Crippen MR) is 63.2 cm³/mol. The highest BCUT2D eigenvalue weighted by Gasteiger charge is 2.13. The lowest BCUT2D eigenvalue weighted by molar-refractivity contribution is -0.144. The Morgan fingerprint density at radius 2 is 2.00 bits per heavy atom. The highest BCUT2D eigenvalue weighted by Crippen LogP contribution is 2.06. The monoisotopic (exact) mass is 249 g/mol. The van der Waals surface area contributed by atoms with Crippen molar-refractivity contribution < 1.29 is 19.1 Å². The van der Waals surface area contributed by atoms with Gasteiger partial charge in [0, 0.05) is 0 Å². The third-order valence-electron chi connectivity index (χ3n) is 1.66. The van der Waals surface area contributed by atoms with Gasteiger partial charge in [0.1, 0.15) is 6.04 Å². The number of hydrogen-bond donors (Lipinski definition) is 1. The van der Waals surface area contributed by atoms with Crippen molar-refractivity contribution in [3.05, 3.63) is 0 Å². The minimum absolute atomic E-state index is 0.0922. The summed E-state index contributed by atoms with van der Waals surface area (Å²) in [4.78, 5) is 22.1. The number of methoxy groups -OCH3 is 1. The lowest BCUT2D eigenvalue weighted by atomic mass is 10.2. The molecular weight excluding hydrogens is 230 g/mol. The Morgan fingerprint density at radius 3 is 2.50 bits per heavy atom. The first-order chi connectivity index (χ1) is 7.47. The molecule has 0 aromatic carbocycles. The van der Waals surface area contributed by atoms with Crippen molar-refractivity contribution in [3.8, 4) is 0 Å². The van der Waals surface area contributed by atoms with E-state index in [9.17, 15) is 9.59 Å². The van der Waals surface area contributed by atoms with Crippen LogP contribution in [-0.4, -0.2) is 42.7 Å². The summed E-state index contributed by atoms with van der Waals surface area (Å²) in [6.45, 7) is 3.60. The summed E-state index contributed by atoms with van der Waals surface area (Å²) >= 11 is 1.40. The van der Waals surface area contributed by atoms with Crippen LogP contribution in [-0.2, 0) is 19.1 Å². The van der Waals surface area contributed by atoms with E-state index < -0.39 is 12.0 Å². The standard InChI is InChI=1S/C10H19NO4S/c1-7(2)15-9(12)6-16-5-4-8(11)10(13)14-3/h7-8H,4-6,11H2,1-3H3. The Balaban J connectivity index is 3.53. The average molecular weight is 249 g/mol. The molecule has 0 radical (unpaired) electrons. The molecule has 2 N–H and O–H groups in total. The van der Waals surface area contributed by atoms with Crippen LogP contribution < -0.4 is 5.73 Å². The van der Waals surface area contributed by atoms with Gasteiger partial charge < -0.3 is 15.2 Å². The van der Waals surface area contributed by atoms with E-state index in [4.69, 9.17) is 10.5 Å². The molecular formula is C10H19NO4S. The second-order valence-corrected chi connectivity index (χ2v) is 4.61. The van der Waals surface area contributed by atoms with Crippen LogP contribution in [0.15, 0.2) is 0 Å². The van der Waals surface area contributed by atoms with E-state index >= 15 is 0 Å². The van der Waals surface area contributed by atoms with Crippen molar-refractivity contribution in [3.63, 3.8) is 0 Å². The maximum Gasteiger partial charge on any atom is 0.322 e. The van der Waals surface area contributed by atoms with Crippen molar-refractivity contribution >= 4 is 23.7 Å². The summed E-state index contributed by atoms with van der Waals surface area (Å²) in [6.07, 6.45) is 0.400. The fourth-order valence-corrected chi connectivity index (χ4v) is 1.73. The molecule has 0 aliphatic rings. The third kappa shape index (κ3) is 7.53. The van der Waals surface area contributed by atoms with E-state index in [0.717, 1.165) is 0 Å². The molecule has 1 atom stereocenters. The molecule has 0 bridgehead atoms. The van der Waals surface area contributed by atoms with Crippen molar-refractivity contribution in [2.75, 3.05) is 18.6 Å². The molecule has 6 heteroatoms. The Bertz CT molecular complexity index is 233. The van der Waals surface area contributed by atoms with Gasteiger partial charge >= 0.3 is 11.9 Å². The molecule has 94 valence electrons. The molecule has 0 aromatic rings. The Morgan fingerprint density at radius 1 is 1.38 bits per heavy atom. The molecule has 0 fully saturated rings. The zero-order valence-corrected chi connectivity index (χ0v) is 10.7.